The van der Waals surface area contributed by atoms with Crippen molar-refractivity contribution in [3.63, 3.8) is 0 Å². The predicted molar refractivity (Wildman–Crippen MR) is 95.2 cm³/mol. The minimum Gasteiger partial charge on any atom is -0.465 e. The molecule has 1 amide bonds. The van der Waals surface area contributed by atoms with Gasteiger partial charge in [0.25, 0.3) is 0 Å². The summed E-state index contributed by atoms with van der Waals surface area (Å²) in [4.78, 5) is 13.1. The monoisotopic (exact) mass is 345 g/mol. The molecule has 1 aliphatic rings. The van der Waals surface area contributed by atoms with Crippen LogP contribution in [0.5, 0.6) is 0 Å². The van der Waals surface area contributed by atoms with Gasteiger partial charge in [0, 0.05) is 37.6 Å². The lowest BCUT2D eigenvalue weighted by atomic mass is 9.77. The van der Waals surface area contributed by atoms with Crippen molar-refractivity contribution >= 4 is 14.4 Å². The fourth-order valence-electron chi connectivity index (χ4n) is 3.24. The van der Waals surface area contributed by atoms with Gasteiger partial charge in [-0.05, 0) is 23.5 Å². The van der Waals surface area contributed by atoms with Gasteiger partial charge in [-0.15, -0.1) is 0 Å². The van der Waals surface area contributed by atoms with Crippen LogP contribution < -0.4 is 0 Å². The van der Waals surface area contributed by atoms with E-state index in [1.807, 2.05) is 0 Å². The number of amides is 1. The molecule has 0 aromatic rings. The molecule has 0 spiro atoms. The van der Waals surface area contributed by atoms with Crippen molar-refractivity contribution in [3.8, 4) is 0 Å². The van der Waals surface area contributed by atoms with Gasteiger partial charge in [-0.25, -0.2) is 4.79 Å². The molecule has 0 aromatic carbocycles. The molecule has 0 aliphatic carbocycles. The lowest BCUT2D eigenvalue weighted by Gasteiger charge is -2.41. The summed E-state index contributed by atoms with van der Waals surface area (Å²) in [5.41, 5.74) is -0.191. The summed E-state index contributed by atoms with van der Waals surface area (Å²) in [7, 11) is -1.90. The Morgan fingerprint density at radius 3 is 2.09 bits per heavy atom. The lowest BCUT2D eigenvalue weighted by molar-refractivity contribution is 0.0694. The first-order valence-corrected chi connectivity index (χ1v) is 11.4. The number of carboxylic acid groups (broad SMARTS) is 1. The van der Waals surface area contributed by atoms with E-state index in [2.05, 4.69) is 54.6 Å². The molecule has 6 heteroatoms. The SMILES string of the molecule is CC(C)(C)C1C(CO[Si](C)(C)C(C)(C)C)C(CO)CN1C(=O)O. The summed E-state index contributed by atoms with van der Waals surface area (Å²) in [5.74, 6) is -0.0229. The van der Waals surface area contributed by atoms with Crippen LogP contribution in [0.4, 0.5) is 4.79 Å². The molecule has 23 heavy (non-hydrogen) atoms. The minimum absolute atomic E-state index is 0.00187. The van der Waals surface area contributed by atoms with E-state index < -0.39 is 14.4 Å². The van der Waals surface area contributed by atoms with E-state index >= 15 is 0 Å². The van der Waals surface area contributed by atoms with Crippen molar-refractivity contribution in [2.24, 2.45) is 17.3 Å². The second kappa shape index (κ2) is 6.73. The van der Waals surface area contributed by atoms with Crippen molar-refractivity contribution in [1.29, 1.82) is 0 Å². The highest BCUT2D eigenvalue weighted by molar-refractivity contribution is 6.74. The van der Waals surface area contributed by atoms with Gasteiger partial charge < -0.3 is 19.5 Å². The number of carbonyl (C=O) groups is 1. The van der Waals surface area contributed by atoms with E-state index in [1.165, 1.54) is 4.90 Å². The van der Waals surface area contributed by atoms with E-state index in [-0.39, 0.29) is 34.9 Å². The van der Waals surface area contributed by atoms with Crippen molar-refractivity contribution in [2.45, 2.75) is 65.7 Å². The summed E-state index contributed by atoms with van der Waals surface area (Å²) in [6.45, 7) is 18.1. The van der Waals surface area contributed by atoms with E-state index in [9.17, 15) is 15.0 Å². The smallest absolute Gasteiger partial charge is 0.407 e. The molecule has 2 N–H and O–H groups in total. The number of rotatable bonds is 4. The molecule has 136 valence electrons. The molecule has 0 saturated carbocycles. The van der Waals surface area contributed by atoms with Crippen LogP contribution in [-0.2, 0) is 4.43 Å². The second-order valence-electron chi connectivity index (χ2n) is 9.42. The molecule has 0 bridgehead atoms. The summed E-state index contributed by atoms with van der Waals surface area (Å²) in [5, 5.41) is 19.4. The molecule has 0 radical (unpaired) electrons. The van der Waals surface area contributed by atoms with Gasteiger partial charge in [-0.3, -0.25) is 0 Å². The molecular weight excluding hydrogens is 310 g/mol. The van der Waals surface area contributed by atoms with Gasteiger partial charge in [0.2, 0.25) is 0 Å². The van der Waals surface area contributed by atoms with E-state index in [0.29, 0.717) is 13.2 Å². The van der Waals surface area contributed by atoms with Crippen molar-refractivity contribution in [3.05, 3.63) is 0 Å². The molecule has 1 aliphatic heterocycles. The molecule has 0 aromatic heterocycles. The predicted octanol–water partition coefficient (Wildman–Crippen LogP) is 3.64. The summed E-state index contributed by atoms with van der Waals surface area (Å²) in [6.07, 6.45) is -0.904. The normalized spacial score (nSPS) is 26.7. The van der Waals surface area contributed by atoms with Crippen LogP contribution in [-0.4, -0.2) is 55.3 Å². The lowest BCUT2D eigenvalue weighted by Crippen LogP contribution is -2.48. The van der Waals surface area contributed by atoms with Gasteiger partial charge in [0.15, 0.2) is 8.32 Å². The maximum absolute atomic E-state index is 11.6. The average molecular weight is 346 g/mol. The first-order chi connectivity index (χ1) is 10.2. The standard InChI is InChI=1S/C17H35NO4Si/c1-16(2,3)14-13(11-22-23(7,8)17(4,5)6)12(10-19)9-18(14)15(20)21/h12-14,19H,9-11H2,1-8H3,(H,20,21). The van der Waals surface area contributed by atoms with Crippen molar-refractivity contribution in [2.75, 3.05) is 19.8 Å². The Morgan fingerprint density at radius 2 is 1.74 bits per heavy atom. The Labute approximate surface area is 142 Å². The third-order valence-corrected chi connectivity index (χ3v) is 10.1. The van der Waals surface area contributed by atoms with E-state index in [0.717, 1.165) is 0 Å². The van der Waals surface area contributed by atoms with Gasteiger partial charge in [-0.1, -0.05) is 41.5 Å². The Morgan fingerprint density at radius 1 is 1.22 bits per heavy atom. The maximum atomic E-state index is 11.6. The zero-order valence-corrected chi connectivity index (χ0v) is 17.0. The Kier molecular flexibility index (Phi) is 5.98. The van der Waals surface area contributed by atoms with Crippen molar-refractivity contribution in [1.82, 2.24) is 4.90 Å². The van der Waals surface area contributed by atoms with Crippen LogP contribution in [0.15, 0.2) is 0 Å². The van der Waals surface area contributed by atoms with Crippen LogP contribution in [0.25, 0.3) is 0 Å². The van der Waals surface area contributed by atoms with Gasteiger partial charge in [0.1, 0.15) is 0 Å². The molecular formula is C17H35NO4Si. The highest BCUT2D eigenvalue weighted by atomic mass is 28.4. The van der Waals surface area contributed by atoms with Crippen LogP contribution in [0, 0.1) is 17.3 Å². The third-order valence-electron chi connectivity index (χ3n) is 5.59. The molecule has 1 rings (SSSR count). The first kappa shape index (κ1) is 20.5. The topological polar surface area (TPSA) is 70.0 Å². The Bertz CT molecular complexity index is 425. The van der Waals surface area contributed by atoms with Crippen LogP contribution >= 0.6 is 0 Å². The van der Waals surface area contributed by atoms with Crippen LogP contribution in [0.1, 0.15) is 41.5 Å². The summed E-state index contributed by atoms with van der Waals surface area (Å²) in [6, 6.07) is -0.137. The summed E-state index contributed by atoms with van der Waals surface area (Å²) >= 11 is 0. The number of aliphatic hydroxyl groups excluding tert-OH is 1. The largest absolute Gasteiger partial charge is 0.465 e. The number of hydrogen-bond acceptors (Lipinski definition) is 3. The third kappa shape index (κ3) is 4.48. The number of likely N-dealkylation sites (tertiary alicyclic amines) is 1. The molecule has 3 atom stereocenters. The fourth-order valence-corrected chi connectivity index (χ4v) is 4.28. The van der Waals surface area contributed by atoms with Gasteiger partial charge in [-0.2, -0.15) is 0 Å². The van der Waals surface area contributed by atoms with Crippen LogP contribution in [0.2, 0.25) is 18.1 Å². The zero-order chi connectivity index (χ0) is 18.2. The molecule has 3 unspecified atom stereocenters. The molecule has 1 fully saturated rings. The quantitative estimate of drug-likeness (QED) is 0.763. The van der Waals surface area contributed by atoms with E-state index in [1.54, 1.807) is 0 Å². The minimum atomic E-state index is -1.90. The Balaban J connectivity index is 3.02. The van der Waals surface area contributed by atoms with Crippen LogP contribution in [0.3, 0.4) is 0 Å². The number of aliphatic hydroxyl groups is 1. The Hall–Kier alpha value is -0.593. The van der Waals surface area contributed by atoms with E-state index in [4.69, 9.17) is 4.43 Å². The average Bonchev–Trinajstić information content (AvgIpc) is 2.73. The zero-order valence-electron chi connectivity index (χ0n) is 16.0. The number of nitrogens with zero attached hydrogens (tertiary/aromatic N) is 1. The molecule has 1 heterocycles. The number of hydrogen-bond donors (Lipinski definition) is 2. The first-order valence-electron chi connectivity index (χ1n) is 8.46. The molecule has 5 nitrogen and oxygen atoms in total. The van der Waals surface area contributed by atoms with Gasteiger partial charge in [0.05, 0.1) is 0 Å². The summed E-state index contributed by atoms with van der Waals surface area (Å²) < 4.78 is 6.37. The van der Waals surface area contributed by atoms with Crippen molar-refractivity contribution < 1.29 is 19.4 Å². The highest BCUT2D eigenvalue weighted by Gasteiger charge is 2.50. The van der Waals surface area contributed by atoms with Gasteiger partial charge >= 0.3 is 6.09 Å². The fraction of sp³-hybridized carbons (Fsp3) is 0.941. The molecule has 1 saturated heterocycles. The second-order valence-corrected chi connectivity index (χ2v) is 14.2. The maximum Gasteiger partial charge on any atom is 0.407 e. The highest BCUT2D eigenvalue weighted by Crippen LogP contribution is 2.42.